The van der Waals surface area contributed by atoms with Gasteiger partial charge in [-0.1, -0.05) is 30.4 Å². The van der Waals surface area contributed by atoms with Crippen LogP contribution in [-0.2, 0) is 22.9 Å². The number of aromatic carboxylic acids is 1. The monoisotopic (exact) mass is 608 g/mol. The van der Waals surface area contributed by atoms with Gasteiger partial charge >= 0.3 is 5.97 Å². The number of rotatable bonds is 9. The summed E-state index contributed by atoms with van der Waals surface area (Å²) in [7, 11) is -3.74. The standard InChI is InChI=1S/C30H26F2N4O4S2/c31-22-3-1-2-19(13-22)20-12-21(15-23(32)14-20)28-25(10-17-6-8-24(9-7-17)42(33,39)40)26(11-18-4-5-18)35-36(28)30-34-27(16-41-30)29(37)38/h1-3,6-8,12-16,18,24H,4-5,9-11H2,(H,37,38)(H2,33,39,40). The Bertz CT molecular complexity index is 1870. The van der Waals surface area contributed by atoms with Crippen LogP contribution in [-0.4, -0.2) is 39.5 Å². The van der Waals surface area contributed by atoms with Crippen molar-refractivity contribution in [3.8, 4) is 27.5 Å². The number of halogens is 2. The van der Waals surface area contributed by atoms with E-state index in [0.29, 0.717) is 46.3 Å². The maximum Gasteiger partial charge on any atom is 0.355 e. The summed E-state index contributed by atoms with van der Waals surface area (Å²) in [5.41, 5.74) is 4.26. The highest BCUT2D eigenvalue weighted by Gasteiger charge is 2.30. The molecule has 1 fully saturated rings. The number of primary sulfonamides is 1. The largest absolute Gasteiger partial charge is 0.476 e. The predicted molar refractivity (Wildman–Crippen MR) is 156 cm³/mol. The van der Waals surface area contributed by atoms with Gasteiger partial charge in [-0.15, -0.1) is 11.3 Å². The van der Waals surface area contributed by atoms with E-state index in [2.05, 4.69) is 4.98 Å². The van der Waals surface area contributed by atoms with Crippen molar-refractivity contribution in [3.63, 3.8) is 0 Å². The molecule has 1 unspecified atom stereocenters. The van der Waals surface area contributed by atoms with E-state index in [1.54, 1.807) is 35.0 Å². The lowest BCUT2D eigenvalue weighted by Crippen LogP contribution is -2.27. The van der Waals surface area contributed by atoms with Crippen molar-refractivity contribution in [2.75, 3.05) is 0 Å². The highest BCUT2D eigenvalue weighted by atomic mass is 32.2. The van der Waals surface area contributed by atoms with Gasteiger partial charge in [-0.05, 0) is 78.6 Å². The predicted octanol–water partition coefficient (Wildman–Crippen LogP) is 5.68. The number of allylic oxidation sites excluding steroid dienone is 3. The molecule has 2 aliphatic carbocycles. The summed E-state index contributed by atoms with van der Waals surface area (Å²) >= 11 is 1.11. The maximum atomic E-state index is 15.2. The van der Waals surface area contributed by atoms with Gasteiger partial charge in [-0.25, -0.2) is 36.8 Å². The van der Waals surface area contributed by atoms with Crippen molar-refractivity contribution in [2.24, 2.45) is 11.1 Å². The number of benzene rings is 2. The van der Waals surface area contributed by atoms with Crippen molar-refractivity contribution in [3.05, 3.63) is 100 Å². The third kappa shape index (κ3) is 5.96. The molecule has 0 radical (unpaired) electrons. The second-order valence-electron chi connectivity index (χ2n) is 10.6. The lowest BCUT2D eigenvalue weighted by atomic mass is 9.93. The summed E-state index contributed by atoms with van der Waals surface area (Å²) < 4.78 is 54.6. The summed E-state index contributed by atoms with van der Waals surface area (Å²) in [5.74, 6) is -1.71. The number of nitrogens with two attached hydrogens (primary N) is 1. The molecule has 0 spiro atoms. The van der Waals surface area contributed by atoms with Crippen LogP contribution in [0.4, 0.5) is 8.78 Å². The highest BCUT2D eigenvalue weighted by molar-refractivity contribution is 7.89. The molecular weight excluding hydrogens is 582 g/mol. The fourth-order valence-electron chi connectivity index (χ4n) is 5.12. The van der Waals surface area contributed by atoms with Gasteiger partial charge in [0.15, 0.2) is 5.69 Å². The Hall–Kier alpha value is -4.00. The fraction of sp³-hybridized carbons (Fsp3) is 0.233. The van der Waals surface area contributed by atoms with Gasteiger partial charge in [0.25, 0.3) is 0 Å². The first-order valence-corrected chi connectivity index (χ1v) is 15.8. The van der Waals surface area contributed by atoms with Gasteiger partial charge < -0.3 is 5.11 Å². The lowest BCUT2D eigenvalue weighted by molar-refractivity contribution is 0.0691. The fourth-order valence-corrected chi connectivity index (χ4v) is 6.54. The minimum atomic E-state index is -3.74. The number of hydrogen-bond acceptors (Lipinski definition) is 6. The van der Waals surface area contributed by atoms with Crippen molar-refractivity contribution in [1.29, 1.82) is 0 Å². The first-order valence-electron chi connectivity index (χ1n) is 13.3. The van der Waals surface area contributed by atoms with Gasteiger partial charge in [0.05, 0.1) is 16.6 Å². The lowest BCUT2D eigenvalue weighted by Gasteiger charge is -2.16. The molecule has 0 aliphatic heterocycles. The number of carboxylic acids is 1. The Balaban J connectivity index is 1.52. The molecule has 12 heteroatoms. The van der Waals surface area contributed by atoms with Gasteiger partial charge in [-0.2, -0.15) is 5.10 Å². The van der Waals surface area contributed by atoms with E-state index in [1.807, 2.05) is 6.08 Å². The first kappa shape index (κ1) is 28.1. The van der Waals surface area contributed by atoms with Crippen molar-refractivity contribution in [1.82, 2.24) is 14.8 Å². The summed E-state index contributed by atoms with van der Waals surface area (Å²) in [4.78, 5) is 15.9. The maximum absolute atomic E-state index is 15.2. The zero-order chi connectivity index (χ0) is 29.6. The molecule has 8 nitrogen and oxygen atoms in total. The molecule has 6 rings (SSSR count). The zero-order valence-electron chi connectivity index (χ0n) is 22.2. The normalized spacial score (nSPS) is 16.9. The van der Waals surface area contributed by atoms with E-state index >= 15 is 4.39 Å². The minimum absolute atomic E-state index is 0.131. The van der Waals surface area contributed by atoms with E-state index in [4.69, 9.17) is 10.2 Å². The van der Waals surface area contributed by atoms with Crippen LogP contribution < -0.4 is 5.14 Å². The second kappa shape index (κ2) is 11.0. The molecule has 2 heterocycles. The summed E-state index contributed by atoms with van der Waals surface area (Å²) in [6.45, 7) is 0. The number of thiazole rings is 1. The van der Waals surface area contributed by atoms with Crippen molar-refractivity contribution < 1.29 is 27.1 Å². The Morgan fingerprint density at radius 1 is 1.10 bits per heavy atom. The number of sulfonamides is 1. The first-order chi connectivity index (χ1) is 20.0. The topological polar surface area (TPSA) is 128 Å². The Morgan fingerprint density at radius 2 is 1.86 bits per heavy atom. The van der Waals surface area contributed by atoms with E-state index in [0.717, 1.165) is 41.0 Å². The number of carbonyl (C=O) groups is 1. The number of hydrogen-bond donors (Lipinski definition) is 2. The minimum Gasteiger partial charge on any atom is -0.476 e. The zero-order valence-corrected chi connectivity index (χ0v) is 23.8. The van der Waals surface area contributed by atoms with Gasteiger partial charge in [0, 0.05) is 22.9 Å². The molecule has 1 saturated carbocycles. The summed E-state index contributed by atoms with van der Waals surface area (Å²) in [6.07, 6.45) is 8.52. The van der Waals surface area contributed by atoms with Crippen LogP contribution in [0.2, 0.25) is 0 Å². The van der Waals surface area contributed by atoms with Gasteiger partial charge in [0.1, 0.15) is 11.6 Å². The Kier molecular flexibility index (Phi) is 7.37. The molecule has 4 aromatic rings. The Morgan fingerprint density at radius 3 is 2.50 bits per heavy atom. The second-order valence-corrected chi connectivity index (χ2v) is 13.2. The smallest absolute Gasteiger partial charge is 0.355 e. The molecule has 1 atom stereocenters. The van der Waals surface area contributed by atoms with Crippen LogP contribution >= 0.6 is 11.3 Å². The van der Waals surface area contributed by atoms with E-state index in [1.165, 1.54) is 29.6 Å². The molecule has 0 bridgehead atoms. The highest BCUT2D eigenvalue weighted by Crippen LogP contribution is 2.39. The molecule has 3 N–H and O–H groups in total. The SMILES string of the molecule is NS(=O)(=O)C1C=CC(Cc2c(CC3CC3)nn(-c3nc(C(=O)O)cs3)c2-c2cc(F)cc(-c3cccc(F)c3)c2)=CC1. The van der Waals surface area contributed by atoms with Crippen LogP contribution in [0.5, 0.6) is 0 Å². The average molecular weight is 609 g/mol. The summed E-state index contributed by atoms with van der Waals surface area (Å²) in [5, 5.41) is 20.7. The Labute approximate surface area is 244 Å². The molecule has 0 saturated heterocycles. The quantitative estimate of drug-likeness (QED) is 0.252. The molecule has 0 amide bonds. The number of nitrogens with zero attached hydrogens (tertiary/aromatic N) is 3. The van der Waals surface area contributed by atoms with Crippen LogP contribution in [0.25, 0.3) is 27.5 Å². The third-order valence-electron chi connectivity index (χ3n) is 7.41. The van der Waals surface area contributed by atoms with E-state index < -0.39 is 32.9 Å². The number of carboxylic acid groups (broad SMARTS) is 1. The van der Waals surface area contributed by atoms with Gasteiger partial charge in [-0.3, -0.25) is 0 Å². The molecule has 2 aromatic carbocycles. The average Bonchev–Trinajstić information content (AvgIpc) is 3.49. The van der Waals surface area contributed by atoms with Crippen molar-refractivity contribution >= 4 is 27.3 Å². The van der Waals surface area contributed by atoms with E-state index in [-0.39, 0.29) is 12.1 Å². The summed E-state index contributed by atoms with van der Waals surface area (Å²) in [6, 6.07) is 10.3. The van der Waals surface area contributed by atoms with Crippen molar-refractivity contribution in [2.45, 2.75) is 37.4 Å². The van der Waals surface area contributed by atoms with Crippen LogP contribution in [0.3, 0.4) is 0 Å². The number of aromatic nitrogens is 3. The van der Waals surface area contributed by atoms with Crippen LogP contribution in [0, 0.1) is 17.6 Å². The van der Waals surface area contributed by atoms with Crippen LogP contribution in [0.1, 0.15) is 41.0 Å². The molecular formula is C30H26F2N4O4S2. The molecule has 216 valence electrons. The molecule has 2 aromatic heterocycles. The molecule has 2 aliphatic rings. The third-order valence-corrected chi connectivity index (χ3v) is 9.42. The van der Waals surface area contributed by atoms with E-state index in [9.17, 15) is 22.7 Å². The molecule has 42 heavy (non-hydrogen) atoms. The van der Waals surface area contributed by atoms with Crippen LogP contribution in [0.15, 0.2) is 71.6 Å². The van der Waals surface area contributed by atoms with Gasteiger partial charge in [0.2, 0.25) is 15.2 Å².